The quantitative estimate of drug-likeness (QED) is 0.0149. The number of aromatic nitrogens is 4. The number of alkyl halides is 1. The summed E-state index contributed by atoms with van der Waals surface area (Å²) in [6, 6.07) is 59.4. The van der Waals surface area contributed by atoms with Gasteiger partial charge in [0.2, 0.25) is 5.78 Å². The largest absolute Gasteiger partial charge is 1.00 e. The summed E-state index contributed by atoms with van der Waals surface area (Å²) in [4.78, 5) is 92.5. The van der Waals surface area contributed by atoms with Crippen molar-refractivity contribution < 1.29 is 109 Å². The van der Waals surface area contributed by atoms with Crippen LogP contribution in [0.15, 0.2) is 176 Å². The normalized spacial score (nSPS) is 11.4. The molecule has 0 saturated heterocycles. The molecule has 0 aliphatic rings. The van der Waals surface area contributed by atoms with Crippen molar-refractivity contribution in [2.75, 3.05) is 19.8 Å². The molecule has 0 radical (unpaired) electrons. The Balaban J connectivity index is 0.000000656. The SMILES string of the molecule is C.C.C.C.CCC(C)Br.CCC(C)n1c2ccccc2c2ccccc21.CCOC(=O)C(=O)Cl.CCOC(=O)C(=O)c1ccc2c(c1)c1cc(C(=O)C(C)=O)ccc1n2C(C)CC.CCOC(=O)C(=O)c1ccc2c(c1)c1ccccc1n2C(C)CC.CCn1c2ccccc2c2ccccc21.[K+].[OH-]. The molecule has 1 N–H and O–H groups in total. The number of para-hydroxylation sites is 5. The molecule has 4 unspecified atom stereocenters. The fraction of sp³-hybridized carbons (Fsp3) is 0.341. The average Bonchev–Trinajstić information content (AvgIpc) is 1.65. The zero-order chi connectivity index (χ0) is 71.5. The number of aryl methyl sites for hydroxylation is 1. The molecule has 16 nitrogen and oxygen atoms in total. The van der Waals surface area contributed by atoms with Crippen LogP contribution in [0.4, 0.5) is 0 Å². The fourth-order valence-corrected chi connectivity index (χ4v) is 11.8. The first-order valence-electron chi connectivity index (χ1n) is 33.6. The topological polar surface area (TPSA) is 214 Å². The minimum absolute atomic E-state index is 0. The molecule has 4 aromatic heterocycles. The Hall–Kier alpha value is -7.91. The molecule has 552 valence electrons. The van der Waals surface area contributed by atoms with Crippen LogP contribution in [0.2, 0.25) is 0 Å². The first-order chi connectivity index (χ1) is 47.1. The summed E-state index contributed by atoms with van der Waals surface area (Å²) in [5.74, 6) is -5.10. The number of ketones is 4. The van der Waals surface area contributed by atoms with E-state index in [0.29, 0.717) is 28.0 Å². The maximum Gasteiger partial charge on any atom is 1.00 e. The number of ether oxygens (including phenoxy) is 3. The van der Waals surface area contributed by atoms with Gasteiger partial charge in [-0.05, 0) is 171 Å². The second kappa shape index (κ2) is 44.8. The maximum atomic E-state index is 12.4. The smallest absolute Gasteiger partial charge is 0.870 e. The first kappa shape index (κ1) is 94.1. The molecule has 0 bridgehead atoms. The van der Waals surface area contributed by atoms with Crippen LogP contribution in [-0.2, 0) is 44.7 Å². The Kier molecular flexibility index (Phi) is 40.5. The summed E-state index contributed by atoms with van der Waals surface area (Å²) in [5.41, 5.74) is 10.3. The van der Waals surface area contributed by atoms with Crippen molar-refractivity contribution in [2.45, 2.75) is 175 Å². The summed E-state index contributed by atoms with van der Waals surface area (Å²) in [7, 11) is 0. The molecule has 12 aromatic rings. The van der Waals surface area contributed by atoms with Gasteiger partial charge in [-0.1, -0.05) is 171 Å². The molecule has 19 heteroatoms. The summed E-state index contributed by atoms with van der Waals surface area (Å²) >= 11 is 8.07. The average molecular weight is 1530 g/mol. The molecule has 12 rings (SSSR count). The van der Waals surface area contributed by atoms with Crippen LogP contribution in [0.25, 0.3) is 87.2 Å². The van der Waals surface area contributed by atoms with E-state index in [1.807, 2.05) is 24.3 Å². The van der Waals surface area contributed by atoms with E-state index in [1.54, 1.807) is 63.2 Å². The molecule has 8 aromatic carbocycles. The van der Waals surface area contributed by atoms with E-state index < -0.39 is 46.3 Å². The van der Waals surface area contributed by atoms with Crippen molar-refractivity contribution in [1.82, 2.24) is 18.3 Å². The zero-order valence-electron chi connectivity index (χ0n) is 59.7. The number of halogens is 2. The minimum atomic E-state index is -1.08. The first-order valence-corrected chi connectivity index (χ1v) is 34.9. The van der Waals surface area contributed by atoms with E-state index in [0.717, 1.165) is 69.4 Å². The van der Waals surface area contributed by atoms with Crippen molar-refractivity contribution in [1.29, 1.82) is 0 Å². The van der Waals surface area contributed by atoms with Gasteiger partial charge in [-0.15, -0.1) is 0 Å². The van der Waals surface area contributed by atoms with Gasteiger partial charge in [0, 0.05) is 140 Å². The van der Waals surface area contributed by atoms with Crippen molar-refractivity contribution in [3.05, 3.63) is 193 Å². The van der Waals surface area contributed by atoms with E-state index in [9.17, 15) is 38.4 Å². The van der Waals surface area contributed by atoms with Gasteiger partial charge in [0.1, 0.15) is 0 Å². The monoisotopic (exact) mass is 1530 g/mol. The molecule has 4 heterocycles. The molecule has 0 saturated carbocycles. The van der Waals surface area contributed by atoms with Gasteiger partial charge in [-0.2, -0.15) is 0 Å². The van der Waals surface area contributed by atoms with Crippen molar-refractivity contribution in [2.24, 2.45) is 0 Å². The third-order valence-corrected chi connectivity index (χ3v) is 18.0. The summed E-state index contributed by atoms with van der Waals surface area (Å²) in [6.45, 7) is 27.2. The fourth-order valence-electron chi connectivity index (χ4n) is 11.8. The molecule has 0 fully saturated rings. The number of hydrogen-bond acceptors (Lipinski definition) is 12. The van der Waals surface area contributed by atoms with E-state index in [1.165, 1.54) is 57.0 Å². The Bertz CT molecular complexity index is 4760. The molecule has 0 spiro atoms. The maximum absolute atomic E-state index is 12.4. The van der Waals surface area contributed by atoms with Crippen LogP contribution in [0.3, 0.4) is 0 Å². The van der Waals surface area contributed by atoms with Crippen LogP contribution >= 0.6 is 27.5 Å². The predicted octanol–water partition coefficient (Wildman–Crippen LogP) is 19.2. The number of fused-ring (bicyclic) bond motifs is 12. The number of Topliss-reactive ketones (excluding diaryl/α,β-unsaturated/α-hetero) is 4. The van der Waals surface area contributed by atoms with Gasteiger partial charge in [0.05, 0.1) is 19.8 Å². The summed E-state index contributed by atoms with van der Waals surface area (Å²) in [5, 5.41) is 7.94. The number of esters is 3. The number of carbonyl (C=O) groups is 8. The van der Waals surface area contributed by atoms with E-state index >= 15 is 0 Å². The number of rotatable bonds is 18. The molecule has 4 atom stereocenters. The van der Waals surface area contributed by atoms with Crippen LogP contribution in [0, 0.1) is 0 Å². The van der Waals surface area contributed by atoms with Gasteiger partial charge < -0.3 is 38.0 Å². The summed E-state index contributed by atoms with van der Waals surface area (Å²) in [6.07, 6.45) is 4.27. The Morgan fingerprint density at radius 1 is 0.365 bits per heavy atom. The van der Waals surface area contributed by atoms with Crippen LogP contribution < -0.4 is 51.4 Å². The van der Waals surface area contributed by atoms with E-state index in [2.05, 4.69) is 210 Å². The van der Waals surface area contributed by atoms with Crippen molar-refractivity contribution >= 4 is 161 Å². The molecule has 0 amide bonds. The van der Waals surface area contributed by atoms with Gasteiger partial charge in [0.15, 0.2) is 5.78 Å². The van der Waals surface area contributed by atoms with Crippen molar-refractivity contribution in [3.8, 4) is 0 Å². The molecular weight excluding hydrogens is 1420 g/mol. The second-order valence-electron chi connectivity index (χ2n) is 23.6. The molecule has 0 aliphatic carbocycles. The molecule has 0 aliphatic heterocycles. The second-order valence-corrected chi connectivity index (χ2v) is 25.5. The molecule has 104 heavy (non-hydrogen) atoms. The van der Waals surface area contributed by atoms with Gasteiger partial charge in [0.25, 0.3) is 11.6 Å². The van der Waals surface area contributed by atoms with Crippen LogP contribution in [-0.4, -0.2) is 94.7 Å². The molecular formula is C85H105BrClKN4O12. The number of carbonyl (C=O) groups excluding carboxylic acids is 8. The van der Waals surface area contributed by atoms with Gasteiger partial charge in [-0.25, -0.2) is 14.4 Å². The third-order valence-electron chi connectivity index (χ3n) is 17.2. The Morgan fingerprint density at radius 2 is 0.606 bits per heavy atom. The Morgan fingerprint density at radius 3 is 0.856 bits per heavy atom. The van der Waals surface area contributed by atoms with E-state index in [4.69, 9.17) is 21.1 Å². The number of hydrogen-bond donors (Lipinski definition) is 0. The predicted molar refractivity (Wildman–Crippen MR) is 430 cm³/mol. The van der Waals surface area contributed by atoms with Gasteiger partial charge >= 0.3 is 74.5 Å². The van der Waals surface area contributed by atoms with Gasteiger partial charge in [-0.3, -0.25) is 24.0 Å². The number of benzene rings is 8. The Labute approximate surface area is 669 Å². The number of nitrogens with zero attached hydrogens (tertiary/aromatic N) is 4. The third kappa shape index (κ3) is 21.9. The minimum Gasteiger partial charge on any atom is -0.870 e. The standard InChI is InChI=1S/C23H23NO5.C20H21NO3.C16H17N.C14H13N.C4H9Br.C4H5ClO3.4CH4.K.H2O/c1-5-13(3)24-19-9-7-15(21(26)14(4)25)11-17(19)18-12-16(8-10-20(18)24)22(27)23(28)29-6-2;1-4-13(3)21-17-9-7-6-8-15(17)16-12-14(10-11-18(16)21)19(22)20(23)24-5-2;1-3-12(2)17-15-10-6-4-8-13(15)14-9-5-7-11-16(14)17;1-2-15-13-9-5-3-7-11(13)12-8-4-6-10-14(12)15;1-3-4(2)5;1-2-8-4(7)3(5)6;;;;;;/h7-13H,5-6H2,1-4H3;6-13H,4-5H2,1-3H3;4-12H,3H2,1-2H3;3-10H,2H2,1H3;4H,3H2,1-2H3;2H2,1H3;4*1H4;;1H2/q;;;;;;;;;;+1;/p-1. The van der Waals surface area contributed by atoms with Crippen molar-refractivity contribution in [3.63, 3.8) is 0 Å². The van der Waals surface area contributed by atoms with E-state index in [-0.39, 0.29) is 118 Å². The zero-order valence-corrected chi connectivity index (χ0v) is 65.2. The van der Waals surface area contributed by atoms with Crippen LogP contribution in [0.5, 0.6) is 0 Å². The summed E-state index contributed by atoms with van der Waals surface area (Å²) < 4.78 is 23.1. The van der Waals surface area contributed by atoms with Crippen LogP contribution in [0.1, 0.15) is 195 Å².